The summed E-state index contributed by atoms with van der Waals surface area (Å²) in [5.74, 6) is 0. The van der Waals surface area contributed by atoms with Crippen molar-refractivity contribution < 1.29 is 8.78 Å². The summed E-state index contributed by atoms with van der Waals surface area (Å²) >= 11 is 0. The average Bonchev–Trinajstić information content (AvgIpc) is 2.05. The lowest BCUT2D eigenvalue weighted by atomic mass is 10.2. The Bertz CT molecular complexity index is 244. The number of allylic oxidation sites excluding steroid dienone is 1. The highest BCUT2D eigenvalue weighted by molar-refractivity contribution is 5.34. The van der Waals surface area contributed by atoms with Gasteiger partial charge in [0, 0.05) is 18.7 Å². The number of nitrogens with one attached hydrogen (secondary N) is 1. The van der Waals surface area contributed by atoms with Crippen LogP contribution in [0, 0.1) is 22.7 Å². The number of nitrogens with zero attached hydrogens (tertiary/aromatic N) is 2. The third-order valence-electron chi connectivity index (χ3n) is 1.28. The van der Waals surface area contributed by atoms with Crippen molar-refractivity contribution in [2.75, 3.05) is 0 Å². The maximum atomic E-state index is 11.8. The van der Waals surface area contributed by atoms with E-state index in [1.54, 1.807) is 19.1 Å². The molecule has 1 atom stereocenters. The third kappa shape index (κ3) is 5.63. The molecule has 0 aromatic heterocycles. The molecule has 1 N–H and O–H groups in total. The normalized spacial score (nSPS) is 11.2. The summed E-state index contributed by atoms with van der Waals surface area (Å²) in [7, 11) is 0. The first-order chi connectivity index (χ1) is 6.10. The van der Waals surface area contributed by atoms with Crippen molar-refractivity contribution in [1.29, 1.82) is 10.5 Å². The van der Waals surface area contributed by atoms with Crippen LogP contribution in [0.4, 0.5) is 8.78 Å². The van der Waals surface area contributed by atoms with E-state index in [1.807, 2.05) is 0 Å². The highest BCUT2D eigenvalue weighted by Crippen LogP contribution is 2.03. The molecule has 5 heteroatoms. The Hall–Kier alpha value is -1.62. The second-order valence-corrected chi connectivity index (χ2v) is 2.48. The molecule has 0 aliphatic rings. The van der Waals surface area contributed by atoms with Gasteiger partial charge < -0.3 is 5.32 Å². The molecule has 0 saturated heterocycles. The van der Waals surface area contributed by atoms with Crippen LogP contribution in [0.3, 0.4) is 0 Å². The molecule has 0 radical (unpaired) electrons. The first kappa shape index (κ1) is 11.4. The molecule has 0 rings (SSSR count). The molecule has 0 aliphatic carbocycles. The Balaban J connectivity index is 3.96. The highest BCUT2D eigenvalue weighted by Gasteiger charge is 2.08. The van der Waals surface area contributed by atoms with Crippen LogP contribution in [0.2, 0.25) is 0 Å². The molecule has 1 unspecified atom stereocenters. The molecular formula is C8H9F2N3. The summed E-state index contributed by atoms with van der Waals surface area (Å²) in [6, 6.07) is 2.77. The van der Waals surface area contributed by atoms with E-state index in [9.17, 15) is 8.78 Å². The zero-order valence-corrected chi connectivity index (χ0v) is 7.09. The monoisotopic (exact) mass is 185 g/mol. The van der Waals surface area contributed by atoms with Gasteiger partial charge in [-0.3, -0.25) is 0 Å². The van der Waals surface area contributed by atoms with Crippen LogP contribution in [0.25, 0.3) is 0 Å². The van der Waals surface area contributed by atoms with Crippen LogP contribution in [0.1, 0.15) is 13.3 Å². The minimum absolute atomic E-state index is 0.124. The molecule has 0 aromatic rings. The lowest BCUT2D eigenvalue weighted by Crippen LogP contribution is -2.23. The van der Waals surface area contributed by atoms with Crippen molar-refractivity contribution in [3.05, 3.63) is 11.8 Å². The Morgan fingerprint density at radius 3 is 2.38 bits per heavy atom. The van der Waals surface area contributed by atoms with Gasteiger partial charge in [0.1, 0.15) is 17.7 Å². The van der Waals surface area contributed by atoms with E-state index in [1.165, 1.54) is 0 Å². The number of rotatable bonds is 4. The predicted molar refractivity (Wildman–Crippen MR) is 42.5 cm³/mol. The van der Waals surface area contributed by atoms with Crippen molar-refractivity contribution in [3.8, 4) is 12.1 Å². The second kappa shape index (κ2) is 5.96. The molecule has 0 spiro atoms. The average molecular weight is 185 g/mol. The maximum absolute atomic E-state index is 11.8. The van der Waals surface area contributed by atoms with E-state index in [-0.39, 0.29) is 12.0 Å². The zero-order valence-electron chi connectivity index (χ0n) is 7.09. The van der Waals surface area contributed by atoms with Gasteiger partial charge in [0.2, 0.25) is 6.43 Å². The van der Waals surface area contributed by atoms with E-state index in [2.05, 4.69) is 5.32 Å². The van der Waals surface area contributed by atoms with Gasteiger partial charge in [-0.1, -0.05) is 0 Å². The molecule has 13 heavy (non-hydrogen) atoms. The summed E-state index contributed by atoms with van der Waals surface area (Å²) < 4.78 is 23.6. The van der Waals surface area contributed by atoms with E-state index < -0.39 is 12.5 Å². The summed E-state index contributed by atoms with van der Waals surface area (Å²) in [6.07, 6.45) is -1.54. The number of hydrogen-bond acceptors (Lipinski definition) is 3. The minimum atomic E-state index is -2.39. The molecule has 0 aromatic carbocycles. The zero-order chi connectivity index (χ0) is 10.3. The highest BCUT2D eigenvalue weighted by atomic mass is 19.3. The lowest BCUT2D eigenvalue weighted by Gasteiger charge is -2.09. The molecule has 0 amide bonds. The molecular weight excluding hydrogens is 176 g/mol. The topological polar surface area (TPSA) is 59.6 Å². The van der Waals surface area contributed by atoms with Crippen molar-refractivity contribution >= 4 is 0 Å². The Labute approximate surface area is 75.3 Å². The molecule has 0 saturated carbocycles. The summed E-state index contributed by atoms with van der Waals surface area (Å²) in [4.78, 5) is 0. The number of alkyl halides is 2. The standard InChI is InChI=1S/C8H9F2N3/c1-6(2-8(9)10)13-5-7(3-11)4-12/h5-6,8,13H,2H2,1H3. The number of halogens is 2. The van der Waals surface area contributed by atoms with Gasteiger partial charge >= 0.3 is 0 Å². The maximum Gasteiger partial charge on any atom is 0.240 e. The molecule has 0 aliphatic heterocycles. The fourth-order valence-corrected chi connectivity index (χ4v) is 0.650. The summed E-state index contributed by atoms with van der Waals surface area (Å²) in [5, 5.41) is 19.1. The first-order valence-electron chi connectivity index (χ1n) is 3.64. The summed E-state index contributed by atoms with van der Waals surface area (Å²) in [6.45, 7) is 1.55. The fraction of sp³-hybridized carbons (Fsp3) is 0.500. The van der Waals surface area contributed by atoms with Crippen molar-refractivity contribution in [2.45, 2.75) is 25.8 Å². The second-order valence-electron chi connectivity index (χ2n) is 2.48. The van der Waals surface area contributed by atoms with E-state index >= 15 is 0 Å². The van der Waals surface area contributed by atoms with Crippen LogP contribution < -0.4 is 5.32 Å². The van der Waals surface area contributed by atoms with Crippen molar-refractivity contribution in [1.82, 2.24) is 5.32 Å². The van der Waals surface area contributed by atoms with E-state index in [0.29, 0.717) is 0 Å². The van der Waals surface area contributed by atoms with E-state index in [4.69, 9.17) is 10.5 Å². The van der Waals surface area contributed by atoms with Crippen LogP contribution in [0.5, 0.6) is 0 Å². The van der Waals surface area contributed by atoms with Gasteiger partial charge in [0.05, 0.1) is 0 Å². The van der Waals surface area contributed by atoms with Crippen LogP contribution in [-0.4, -0.2) is 12.5 Å². The number of hydrogen-bond donors (Lipinski definition) is 1. The summed E-state index contributed by atoms with van der Waals surface area (Å²) in [5.41, 5.74) is -0.124. The Morgan fingerprint density at radius 1 is 1.46 bits per heavy atom. The van der Waals surface area contributed by atoms with Gasteiger partial charge in [0.15, 0.2) is 0 Å². The largest absolute Gasteiger partial charge is 0.387 e. The fourth-order valence-electron chi connectivity index (χ4n) is 0.650. The van der Waals surface area contributed by atoms with Gasteiger partial charge in [-0.25, -0.2) is 8.78 Å². The molecule has 3 nitrogen and oxygen atoms in total. The van der Waals surface area contributed by atoms with Crippen LogP contribution in [0.15, 0.2) is 11.8 Å². The molecule has 0 bridgehead atoms. The predicted octanol–water partition coefficient (Wildman–Crippen LogP) is 1.55. The quantitative estimate of drug-likeness (QED) is 0.676. The van der Waals surface area contributed by atoms with Gasteiger partial charge in [0.25, 0.3) is 0 Å². The van der Waals surface area contributed by atoms with Crippen molar-refractivity contribution in [3.63, 3.8) is 0 Å². The Morgan fingerprint density at radius 2 is 2.00 bits per heavy atom. The van der Waals surface area contributed by atoms with Gasteiger partial charge in [-0.2, -0.15) is 10.5 Å². The van der Waals surface area contributed by atoms with E-state index in [0.717, 1.165) is 6.20 Å². The van der Waals surface area contributed by atoms with Gasteiger partial charge in [-0.05, 0) is 6.92 Å². The van der Waals surface area contributed by atoms with Gasteiger partial charge in [-0.15, -0.1) is 0 Å². The van der Waals surface area contributed by atoms with Crippen LogP contribution >= 0.6 is 0 Å². The minimum Gasteiger partial charge on any atom is -0.387 e. The number of nitriles is 2. The molecule has 0 heterocycles. The SMILES string of the molecule is CC(CC(F)F)NC=C(C#N)C#N. The van der Waals surface area contributed by atoms with Crippen molar-refractivity contribution in [2.24, 2.45) is 0 Å². The lowest BCUT2D eigenvalue weighted by molar-refractivity contribution is 0.127. The first-order valence-corrected chi connectivity index (χ1v) is 3.64. The Kier molecular flexibility index (Phi) is 5.22. The molecule has 0 fully saturated rings. The van der Waals surface area contributed by atoms with Crippen LogP contribution in [-0.2, 0) is 0 Å². The third-order valence-corrected chi connectivity index (χ3v) is 1.28. The smallest absolute Gasteiger partial charge is 0.240 e. The molecule has 70 valence electrons.